The molecule has 0 saturated carbocycles. The minimum absolute atomic E-state index is 0. The monoisotopic (exact) mass is 523 g/mol. The van der Waals surface area contributed by atoms with E-state index in [1.807, 2.05) is 18.2 Å². The van der Waals surface area contributed by atoms with Crippen molar-refractivity contribution in [2.24, 2.45) is 0 Å². The van der Waals surface area contributed by atoms with Gasteiger partial charge in [-0.15, -0.1) is 0 Å². The van der Waals surface area contributed by atoms with Crippen LogP contribution in [0, 0.1) is 0 Å². The maximum Gasteiger partial charge on any atom is 0 e. The zero-order chi connectivity index (χ0) is 11.4. The van der Waals surface area contributed by atoms with E-state index in [1.165, 1.54) is 21.7 Å². The Labute approximate surface area is 133 Å². The van der Waals surface area contributed by atoms with Gasteiger partial charge in [0.25, 0.3) is 0 Å². The van der Waals surface area contributed by atoms with Gasteiger partial charge in [0.2, 0.25) is 0 Å². The summed E-state index contributed by atoms with van der Waals surface area (Å²) in [7, 11) is 2.45. The molecule has 1 radical (unpaired) electrons. The average molecular weight is 522 g/mol. The van der Waals surface area contributed by atoms with Crippen molar-refractivity contribution < 1.29 is 9.29 Å². The van der Waals surface area contributed by atoms with Crippen molar-refractivity contribution >= 4 is 61.9 Å². The first-order chi connectivity index (χ1) is 7.83. The molecule has 0 saturated heterocycles. The summed E-state index contributed by atoms with van der Waals surface area (Å²) in [6.45, 7) is 0.172. The van der Waals surface area contributed by atoms with Crippen LogP contribution in [0.5, 0.6) is 5.75 Å². The molecule has 0 aliphatic rings. The van der Waals surface area contributed by atoms with Gasteiger partial charge in [0, 0.05) is 27.3 Å². The second-order valence-electron chi connectivity index (χ2n) is 3.13. The van der Waals surface area contributed by atoms with Crippen LogP contribution in [0.25, 0.3) is 10.0 Å². The number of hydrogen-bond acceptors (Lipinski definition) is 3. The molecule has 1 atom stereocenters. The van der Waals surface area contributed by atoms with Crippen LogP contribution in [-0.2, 0) is 6.61 Å². The first-order valence-corrected chi connectivity index (χ1v) is 8.60. The van der Waals surface area contributed by atoms with Gasteiger partial charge in [-0.2, -0.15) is 0 Å². The SMILES string of the molecule is OCc1ccc(-c2ccc(OSP)cc2)[se]1.[Tl]. The molecule has 17 heavy (non-hydrogen) atoms. The van der Waals surface area contributed by atoms with Crippen LogP contribution in [0.2, 0.25) is 0 Å². The fourth-order valence-corrected chi connectivity index (χ4v) is 3.74. The number of benzene rings is 1. The first kappa shape index (κ1) is 15.7. The predicted molar refractivity (Wildman–Crippen MR) is 78.4 cm³/mol. The van der Waals surface area contributed by atoms with Crippen molar-refractivity contribution in [2.45, 2.75) is 6.61 Å². The van der Waals surface area contributed by atoms with Gasteiger partial charge in [-0.05, 0) is 0 Å². The van der Waals surface area contributed by atoms with Crippen molar-refractivity contribution in [3.05, 3.63) is 40.8 Å². The van der Waals surface area contributed by atoms with Crippen LogP contribution in [-0.4, -0.2) is 46.9 Å². The van der Waals surface area contributed by atoms with Crippen LogP contribution in [0.1, 0.15) is 4.44 Å². The molecule has 0 spiro atoms. The fraction of sp³-hybridized carbons (Fsp3) is 0.0909. The molecule has 87 valence electrons. The summed E-state index contributed by atoms with van der Waals surface area (Å²) < 4.78 is 7.71. The topological polar surface area (TPSA) is 29.5 Å². The third-order valence-corrected chi connectivity index (χ3v) is 5.03. The van der Waals surface area contributed by atoms with E-state index in [2.05, 4.69) is 26.6 Å². The summed E-state index contributed by atoms with van der Waals surface area (Å²) in [4.78, 5) is 0. The van der Waals surface area contributed by atoms with Crippen LogP contribution in [0.15, 0.2) is 36.4 Å². The van der Waals surface area contributed by atoms with Gasteiger partial charge in [-0.1, -0.05) is 0 Å². The van der Waals surface area contributed by atoms with Gasteiger partial charge in [0.15, 0.2) is 0 Å². The Balaban J connectivity index is 0.00000144. The second-order valence-corrected chi connectivity index (χ2v) is 6.52. The Morgan fingerprint density at radius 2 is 1.88 bits per heavy atom. The van der Waals surface area contributed by atoms with Crippen LogP contribution < -0.4 is 4.18 Å². The Kier molecular flexibility index (Phi) is 7.38. The Morgan fingerprint density at radius 1 is 1.18 bits per heavy atom. The quantitative estimate of drug-likeness (QED) is 0.381. The minimum Gasteiger partial charge on any atom is 0 e. The molecule has 0 amide bonds. The molecule has 2 aromatic rings. The molecule has 1 aromatic carbocycles. The van der Waals surface area contributed by atoms with Gasteiger partial charge >= 0.3 is 107 Å². The van der Waals surface area contributed by atoms with Crippen molar-refractivity contribution in [1.29, 1.82) is 0 Å². The predicted octanol–water partition coefficient (Wildman–Crippen LogP) is 2.34. The summed E-state index contributed by atoms with van der Waals surface area (Å²) in [5, 5.41) is 9.03. The molecule has 1 aromatic heterocycles. The van der Waals surface area contributed by atoms with E-state index >= 15 is 0 Å². The number of aliphatic hydroxyl groups excluding tert-OH is 1. The van der Waals surface area contributed by atoms with E-state index < -0.39 is 0 Å². The van der Waals surface area contributed by atoms with Crippen molar-refractivity contribution in [2.75, 3.05) is 0 Å². The molecule has 1 unspecified atom stereocenters. The molecule has 2 rings (SSSR count). The molecule has 0 fully saturated rings. The van der Waals surface area contributed by atoms with Crippen LogP contribution in [0.3, 0.4) is 0 Å². The van der Waals surface area contributed by atoms with Crippen molar-refractivity contribution in [3.8, 4) is 15.8 Å². The summed E-state index contributed by atoms with van der Waals surface area (Å²) in [6.07, 6.45) is 0. The van der Waals surface area contributed by atoms with Gasteiger partial charge in [-0.3, -0.25) is 0 Å². The maximum atomic E-state index is 9.03. The molecule has 2 nitrogen and oxygen atoms in total. The minimum atomic E-state index is 0. The van der Waals surface area contributed by atoms with E-state index in [-0.39, 0.29) is 48.4 Å². The van der Waals surface area contributed by atoms with Gasteiger partial charge < -0.3 is 0 Å². The van der Waals surface area contributed by atoms with Gasteiger partial charge in [0.05, 0.1) is 0 Å². The number of hydrogen-bond donors (Lipinski definition) is 1. The van der Waals surface area contributed by atoms with Gasteiger partial charge in [-0.25, -0.2) is 0 Å². The average Bonchev–Trinajstić information content (AvgIpc) is 2.79. The first-order valence-electron chi connectivity index (χ1n) is 4.67. The summed E-state index contributed by atoms with van der Waals surface area (Å²) >= 11 is 1.53. The van der Waals surface area contributed by atoms with Crippen LogP contribution in [0.4, 0.5) is 0 Å². The Morgan fingerprint density at radius 3 is 2.41 bits per heavy atom. The standard InChI is InChI=1S/C11H11O2PSSe.Tl/c12-7-10-5-6-11(16-10)8-1-3-9(4-2-8)13-15-14;/h1-6,12H,7,14H2;. The van der Waals surface area contributed by atoms with E-state index in [0.717, 1.165) is 10.2 Å². The van der Waals surface area contributed by atoms with E-state index in [9.17, 15) is 0 Å². The molecule has 6 heteroatoms. The van der Waals surface area contributed by atoms with E-state index in [1.54, 1.807) is 0 Å². The zero-order valence-electron chi connectivity index (χ0n) is 9.00. The normalized spacial score (nSPS) is 9.76. The Bertz CT molecular complexity index is 461. The van der Waals surface area contributed by atoms with Crippen LogP contribution >= 0.6 is 20.1 Å². The van der Waals surface area contributed by atoms with Crippen molar-refractivity contribution in [3.63, 3.8) is 0 Å². The molecule has 0 bridgehead atoms. The molecule has 1 heterocycles. The number of rotatable bonds is 4. The smallest absolute Gasteiger partial charge is 0 e. The van der Waals surface area contributed by atoms with Crippen molar-refractivity contribution in [1.82, 2.24) is 0 Å². The van der Waals surface area contributed by atoms with Gasteiger partial charge in [0.1, 0.15) is 0 Å². The number of aliphatic hydroxyl groups is 1. The fourth-order valence-electron chi connectivity index (χ4n) is 1.35. The van der Waals surface area contributed by atoms with E-state index in [4.69, 9.17) is 9.29 Å². The molecule has 1 N–H and O–H groups in total. The largest absolute Gasteiger partial charge is 0 e. The third-order valence-electron chi connectivity index (χ3n) is 2.10. The van der Waals surface area contributed by atoms with E-state index in [0.29, 0.717) is 0 Å². The third kappa shape index (κ3) is 4.37. The summed E-state index contributed by atoms with van der Waals surface area (Å²) in [5.74, 6) is 0.852. The summed E-state index contributed by atoms with van der Waals surface area (Å²) in [5.41, 5.74) is 1.21. The molecular formula is C11H11O2PSSeTl. The molecule has 0 aliphatic carbocycles. The zero-order valence-corrected chi connectivity index (χ0v) is 17.2. The second kappa shape index (κ2) is 7.97. The Hall–Kier alpha value is 0.682. The molecular weight excluding hydrogens is 511 g/mol. The molecule has 0 aliphatic heterocycles. The maximum absolute atomic E-state index is 9.03. The summed E-state index contributed by atoms with van der Waals surface area (Å²) in [6, 6.07) is 12.1.